The number of piperazine rings is 1. The van der Waals surface area contributed by atoms with Gasteiger partial charge in [0.2, 0.25) is 11.8 Å². The molecule has 3 amide bonds. The van der Waals surface area contributed by atoms with Crippen molar-refractivity contribution < 1.29 is 23.9 Å². The number of nitrogens with zero attached hydrogens (tertiary/aromatic N) is 4. The van der Waals surface area contributed by atoms with E-state index in [4.69, 9.17) is 0 Å². The first kappa shape index (κ1) is 35.7. The highest BCUT2D eigenvalue weighted by atomic mass is 19.1. The van der Waals surface area contributed by atoms with Gasteiger partial charge in [0.05, 0.1) is 5.69 Å². The number of halogens is 1. The number of imide groups is 1. The summed E-state index contributed by atoms with van der Waals surface area (Å²) >= 11 is 0. The highest BCUT2D eigenvalue weighted by molar-refractivity contribution is 6.05. The Morgan fingerprint density at radius 1 is 0.764 bits per heavy atom. The van der Waals surface area contributed by atoms with Crippen LogP contribution in [0.5, 0.6) is 5.75 Å². The number of piperidine rings is 2. The van der Waals surface area contributed by atoms with Crippen molar-refractivity contribution in [1.82, 2.24) is 20.0 Å². The standard InChI is InChI=1S/C45H50FN5O4/c46-39-26-32(43-36(30-4-2-1-3-5-30)10-6-31-25-35(52)9-12-37(31)43)7-13-40(39)50-18-16-29(17-19-50)27-48-20-22-49(23-21-48)34-8-11-38-33(24-34)28-51(45(38)55)41-14-15-42(53)47-44(41)54/h1-5,7,9,12-13,24-26,29,36,41,43,52H,6,8,10-11,14-23,27-28H2,(H,47,53,54)/t36-,41?,43+/m1/s1. The number of anilines is 1. The van der Waals surface area contributed by atoms with Crippen LogP contribution in [-0.2, 0) is 20.8 Å². The molecule has 0 saturated carbocycles. The Balaban J connectivity index is 0.789. The fourth-order valence-electron chi connectivity index (χ4n) is 10.3. The molecule has 3 fully saturated rings. The maximum absolute atomic E-state index is 16.1. The van der Waals surface area contributed by atoms with E-state index in [9.17, 15) is 19.5 Å². The number of hydrogen-bond acceptors (Lipinski definition) is 7. The molecule has 4 aliphatic heterocycles. The molecule has 0 aromatic heterocycles. The van der Waals surface area contributed by atoms with Gasteiger partial charge in [-0.3, -0.25) is 24.6 Å². The number of rotatable bonds is 7. The lowest BCUT2D eigenvalue weighted by molar-refractivity contribution is -0.142. The average molecular weight is 744 g/mol. The molecular formula is C45H50FN5O4. The molecule has 4 heterocycles. The Morgan fingerprint density at radius 2 is 1.56 bits per heavy atom. The summed E-state index contributed by atoms with van der Waals surface area (Å²) in [7, 11) is 0. The minimum Gasteiger partial charge on any atom is -0.508 e. The number of allylic oxidation sites excluding steroid dienone is 1. The molecule has 0 spiro atoms. The highest BCUT2D eigenvalue weighted by Gasteiger charge is 2.41. The molecule has 3 aromatic carbocycles. The van der Waals surface area contributed by atoms with Crippen LogP contribution in [0.4, 0.5) is 10.1 Å². The van der Waals surface area contributed by atoms with Crippen molar-refractivity contribution >= 4 is 23.4 Å². The second kappa shape index (κ2) is 14.9. The maximum Gasteiger partial charge on any atom is 0.251 e. The number of fused-ring (bicyclic) bond motifs is 1. The summed E-state index contributed by atoms with van der Waals surface area (Å²) in [5.74, 6) is 0.278. The largest absolute Gasteiger partial charge is 0.508 e. The number of nitrogens with one attached hydrogen (secondary N) is 1. The van der Waals surface area contributed by atoms with Crippen LogP contribution in [0.1, 0.15) is 79.0 Å². The molecule has 6 aliphatic rings. The van der Waals surface area contributed by atoms with E-state index in [2.05, 4.69) is 56.4 Å². The predicted molar refractivity (Wildman–Crippen MR) is 209 cm³/mol. The topological polar surface area (TPSA) is 96.4 Å². The minimum atomic E-state index is -0.571. The number of aryl methyl sites for hydroxylation is 1. The minimum absolute atomic E-state index is 0.0210. The lowest BCUT2D eigenvalue weighted by Crippen LogP contribution is -2.53. The van der Waals surface area contributed by atoms with E-state index in [0.717, 1.165) is 100 Å². The number of phenolic OH excluding ortho intramolecular Hbond substituents is 1. The fraction of sp³-hybridized carbons (Fsp3) is 0.444. The van der Waals surface area contributed by atoms with Crippen molar-refractivity contribution in [3.63, 3.8) is 0 Å². The zero-order chi connectivity index (χ0) is 37.6. The summed E-state index contributed by atoms with van der Waals surface area (Å²) < 4.78 is 16.1. The van der Waals surface area contributed by atoms with E-state index < -0.39 is 6.04 Å². The first-order valence-electron chi connectivity index (χ1n) is 20.2. The summed E-state index contributed by atoms with van der Waals surface area (Å²) in [6.07, 6.45) is 8.27. The van der Waals surface area contributed by atoms with Gasteiger partial charge in [0, 0.05) is 76.0 Å². The summed E-state index contributed by atoms with van der Waals surface area (Å²) in [5.41, 5.74) is 8.39. The predicted octanol–water partition coefficient (Wildman–Crippen LogP) is 5.85. The van der Waals surface area contributed by atoms with Crippen molar-refractivity contribution in [2.45, 2.75) is 69.2 Å². The lowest BCUT2D eigenvalue weighted by atomic mass is 9.69. The molecule has 3 aromatic rings. The molecule has 0 radical (unpaired) electrons. The molecular weight excluding hydrogens is 694 g/mol. The Morgan fingerprint density at radius 3 is 2.33 bits per heavy atom. The van der Waals surface area contributed by atoms with Gasteiger partial charge in [-0.05, 0) is 115 Å². The molecule has 286 valence electrons. The average Bonchev–Trinajstić information content (AvgIpc) is 3.53. The smallest absolute Gasteiger partial charge is 0.251 e. The third-order valence-corrected chi connectivity index (χ3v) is 13.2. The van der Waals surface area contributed by atoms with E-state index in [1.807, 2.05) is 24.3 Å². The second-order valence-corrected chi connectivity index (χ2v) is 16.4. The van der Waals surface area contributed by atoms with Gasteiger partial charge < -0.3 is 19.8 Å². The normalized spacial score (nSPS) is 25.2. The summed E-state index contributed by atoms with van der Waals surface area (Å²) in [6, 6.07) is 21.5. The Bertz CT molecular complexity index is 2050. The van der Waals surface area contributed by atoms with Crippen LogP contribution in [0, 0.1) is 11.7 Å². The number of benzene rings is 3. The first-order valence-corrected chi connectivity index (χ1v) is 20.2. The van der Waals surface area contributed by atoms with Crippen molar-refractivity contribution in [2.24, 2.45) is 5.92 Å². The van der Waals surface area contributed by atoms with Crippen LogP contribution in [0.15, 0.2) is 89.6 Å². The second-order valence-electron chi connectivity index (χ2n) is 16.4. The Labute approximate surface area is 322 Å². The third kappa shape index (κ3) is 7.05. The molecule has 1 unspecified atom stereocenters. The van der Waals surface area contributed by atoms with Crippen molar-refractivity contribution in [3.05, 3.63) is 118 Å². The van der Waals surface area contributed by atoms with E-state index >= 15 is 4.39 Å². The monoisotopic (exact) mass is 743 g/mol. The van der Waals surface area contributed by atoms with Crippen molar-refractivity contribution in [3.8, 4) is 5.75 Å². The molecule has 3 atom stereocenters. The van der Waals surface area contributed by atoms with Crippen LogP contribution in [-0.4, -0.2) is 95.9 Å². The number of carbonyl (C=O) groups is 3. The molecule has 9 rings (SSSR count). The third-order valence-electron chi connectivity index (χ3n) is 13.2. The van der Waals surface area contributed by atoms with Gasteiger partial charge in [-0.2, -0.15) is 0 Å². The van der Waals surface area contributed by atoms with Crippen molar-refractivity contribution in [1.29, 1.82) is 0 Å². The molecule has 2 N–H and O–H groups in total. The SMILES string of the molecule is O=C1CCC(N2CC3=C(CCC(N4CCN(CC5CCN(c6ccc([C@@H]7c8ccc(O)cc8CC[C@@H]7c7ccccc7)cc6F)CC5)CC4)=C3)C2=O)C(=O)N1. The van der Waals surface area contributed by atoms with Crippen LogP contribution in [0.25, 0.3) is 0 Å². The zero-order valence-corrected chi connectivity index (χ0v) is 31.4. The van der Waals surface area contributed by atoms with Crippen molar-refractivity contribution in [2.75, 3.05) is 57.3 Å². The quantitative estimate of drug-likeness (QED) is 0.294. The maximum atomic E-state index is 16.1. The molecule has 2 aliphatic carbocycles. The summed E-state index contributed by atoms with van der Waals surface area (Å²) in [4.78, 5) is 46.2. The van der Waals surface area contributed by atoms with Gasteiger partial charge in [0.25, 0.3) is 5.91 Å². The number of amides is 3. The summed E-state index contributed by atoms with van der Waals surface area (Å²) in [5, 5.41) is 12.6. The zero-order valence-electron chi connectivity index (χ0n) is 31.4. The van der Waals surface area contributed by atoms with Crippen LogP contribution in [0.2, 0.25) is 0 Å². The van der Waals surface area contributed by atoms with Gasteiger partial charge in [0.1, 0.15) is 17.6 Å². The van der Waals surface area contributed by atoms with Gasteiger partial charge >= 0.3 is 0 Å². The fourth-order valence-corrected chi connectivity index (χ4v) is 10.3. The summed E-state index contributed by atoms with van der Waals surface area (Å²) in [6.45, 7) is 7.08. The molecule has 9 nitrogen and oxygen atoms in total. The van der Waals surface area contributed by atoms with Gasteiger partial charge in [-0.25, -0.2) is 4.39 Å². The molecule has 55 heavy (non-hydrogen) atoms. The van der Waals surface area contributed by atoms with Gasteiger partial charge in [-0.1, -0.05) is 42.5 Å². The number of hydrogen-bond donors (Lipinski definition) is 2. The van der Waals surface area contributed by atoms with Crippen LogP contribution >= 0.6 is 0 Å². The Kier molecular flexibility index (Phi) is 9.70. The Hall–Kier alpha value is -4.96. The van der Waals surface area contributed by atoms with E-state index in [1.54, 1.807) is 17.0 Å². The number of carbonyl (C=O) groups excluding carboxylic acids is 3. The van der Waals surface area contributed by atoms with E-state index in [0.29, 0.717) is 31.0 Å². The van der Waals surface area contributed by atoms with E-state index in [1.165, 1.54) is 16.8 Å². The number of phenols is 1. The van der Waals surface area contributed by atoms with Gasteiger partial charge in [0.15, 0.2) is 0 Å². The molecule has 3 saturated heterocycles. The van der Waals surface area contributed by atoms with Gasteiger partial charge in [-0.15, -0.1) is 0 Å². The number of aromatic hydroxyl groups is 1. The van der Waals surface area contributed by atoms with E-state index in [-0.39, 0.29) is 47.5 Å². The van der Waals surface area contributed by atoms with Crippen LogP contribution in [0.3, 0.4) is 0 Å². The van der Waals surface area contributed by atoms with Crippen LogP contribution < -0.4 is 10.2 Å². The lowest BCUT2D eigenvalue weighted by Gasteiger charge is -2.41. The first-order chi connectivity index (χ1) is 26.8. The molecule has 10 heteroatoms. The molecule has 0 bridgehead atoms. The highest BCUT2D eigenvalue weighted by Crippen LogP contribution is 2.47.